The van der Waals surface area contributed by atoms with Gasteiger partial charge >= 0.3 is 0 Å². The summed E-state index contributed by atoms with van der Waals surface area (Å²) in [6.07, 6.45) is 1.70. The first kappa shape index (κ1) is 23.6. The highest BCUT2D eigenvalue weighted by atomic mass is 35.5. The number of nitrogens with two attached hydrogens (primary N) is 1. The number of sulfone groups is 1. The van der Waals surface area contributed by atoms with Gasteiger partial charge in [-0.1, -0.05) is 42.5 Å². The Morgan fingerprint density at radius 1 is 0.889 bits per heavy atom. The lowest BCUT2D eigenvalue weighted by Crippen LogP contribution is -2.32. The minimum atomic E-state index is -3.70. The molecule has 0 aliphatic carbocycles. The minimum Gasteiger partial charge on any atom is -0.330 e. The molecule has 150 valence electrons. The van der Waals surface area contributed by atoms with E-state index in [1.165, 1.54) is 28.6 Å². The van der Waals surface area contributed by atoms with Crippen molar-refractivity contribution in [3.8, 4) is 0 Å². The van der Waals surface area contributed by atoms with Crippen molar-refractivity contribution in [1.29, 1.82) is 0 Å². The van der Waals surface area contributed by atoms with E-state index in [2.05, 4.69) is 0 Å². The van der Waals surface area contributed by atoms with E-state index in [9.17, 15) is 16.8 Å². The number of sulfonamides is 1. The summed E-state index contributed by atoms with van der Waals surface area (Å²) in [6.45, 7) is 0.973. The first-order valence-electron chi connectivity index (χ1n) is 8.23. The summed E-state index contributed by atoms with van der Waals surface area (Å²) < 4.78 is 50.2. The molecule has 0 aliphatic rings. The second kappa shape index (κ2) is 10.2. The maximum atomic E-state index is 13.0. The van der Waals surface area contributed by atoms with Gasteiger partial charge in [-0.2, -0.15) is 4.31 Å². The van der Waals surface area contributed by atoms with Crippen molar-refractivity contribution in [3.63, 3.8) is 0 Å². The molecule has 0 aromatic heterocycles. The number of hydrogen-bond donors (Lipinski definition) is 1. The number of halogens is 1. The van der Waals surface area contributed by atoms with Gasteiger partial charge in [0, 0.05) is 19.3 Å². The lowest BCUT2D eigenvalue weighted by molar-refractivity contribution is 0.402. The molecule has 0 saturated heterocycles. The molecule has 2 rings (SSSR count). The van der Waals surface area contributed by atoms with Gasteiger partial charge in [0.15, 0.2) is 9.84 Å². The molecule has 0 saturated carbocycles. The van der Waals surface area contributed by atoms with E-state index in [-0.39, 0.29) is 29.6 Å². The highest BCUT2D eigenvalue weighted by molar-refractivity contribution is 7.90. The zero-order valence-electron chi connectivity index (χ0n) is 15.1. The van der Waals surface area contributed by atoms with Crippen LogP contribution in [-0.4, -0.2) is 40.5 Å². The van der Waals surface area contributed by atoms with E-state index < -0.39 is 19.9 Å². The molecule has 27 heavy (non-hydrogen) atoms. The van der Waals surface area contributed by atoms with Gasteiger partial charge in [-0.15, -0.1) is 12.4 Å². The molecule has 0 fully saturated rings. The average Bonchev–Trinajstić information content (AvgIpc) is 2.58. The molecule has 2 aromatic carbocycles. The molecule has 2 aromatic rings. The van der Waals surface area contributed by atoms with E-state index in [1.807, 2.05) is 30.3 Å². The molecule has 0 aliphatic heterocycles. The van der Waals surface area contributed by atoms with Gasteiger partial charge in [0.05, 0.1) is 10.6 Å². The number of benzene rings is 2. The van der Waals surface area contributed by atoms with E-state index in [0.717, 1.165) is 11.8 Å². The zero-order chi connectivity index (χ0) is 19.2. The Kier molecular flexibility index (Phi) is 8.90. The number of nitrogens with zero attached hydrogens (tertiary/aromatic N) is 1. The number of rotatable bonds is 9. The van der Waals surface area contributed by atoms with Crippen molar-refractivity contribution >= 4 is 32.3 Å². The molecular weight excluding hydrogens is 408 g/mol. The maximum Gasteiger partial charge on any atom is 0.243 e. The highest BCUT2D eigenvalue weighted by Crippen LogP contribution is 2.20. The normalized spacial score (nSPS) is 12.0. The lowest BCUT2D eigenvalue weighted by atomic mass is 10.2. The molecule has 2 N–H and O–H groups in total. The Balaban J connectivity index is 0.00000364. The van der Waals surface area contributed by atoms with E-state index in [0.29, 0.717) is 25.1 Å². The fourth-order valence-electron chi connectivity index (χ4n) is 2.55. The van der Waals surface area contributed by atoms with Gasteiger partial charge in [-0.05, 0) is 36.2 Å². The fraction of sp³-hybridized carbons (Fsp3) is 0.333. The van der Waals surface area contributed by atoms with Gasteiger partial charge in [-0.3, -0.25) is 0 Å². The molecule has 0 atom stereocenters. The van der Waals surface area contributed by atoms with Crippen LogP contribution >= 0.6 is 12.4 Å². The summed E-state index contributed by atoms with van der Waals surface area (Å²) in [4.78, 5) is 0.141. The van der Waals surface area contributed by atoms with Gasteiger partial charge in [0.2, 0.25) is 10.0 Å². The van der Waals surface area contributed by atoms with Crippen LogP contribution in [-0.2, 0) is 32.2 Å². The van der Waals surface area contributed by atoms with Crippen LogP contribution in [0.25, 0.3) is 0 Å². The predicted octanol–water partition coefficient (Wildman–Crippen LogP) is 2.19. The molecule has 0 spiro atoms. The van der Waals surface area contributed by atoms with Crippen LogP contribution in [0.2, 0.25) is 0 Å². The first-order chi connectivity index (χ1) is 12.2. The van der Waals surface area contributed by atoms with Crippen molar-refractivity contribution < 1.29 is 16.8 Å². The summed E-state index contributed by atoms with van der Waals surface area (Å²) in [5.74, 6) is -0.117. The second-order valence-corrected chi connectivity index (χ2v) is 10.3. The summed E-state index contributed by atoms with van der Waals surface area (Å²) in [7, 11) is -6.87. The van der Waals surface area contributed by atoms with Crippen LogP contribution in [0.1, 0.15) is 17.5 Å². The average molecular weight is 433 g/mol. The standard InChI is InChI=1S/C18H24N2O4S2.ClH/c1-25(21,22)15-17-8-10-18(11-9-17)26(23,24)20(13-5-12-19)14-16-6-3-2-4-7-16;/h2-4,6-11H,5,12-15,19H2,1H3;1H. The fourth-order valence-corrected chi connectivity index (χ4v) is 4.81. The first-order valence-corrected chi connectivity index (χ1v) is 11.7. The molecule has 9 heteroatoms. The van der Waals surface area contributed by atoms with Crippen molar-refractivity contribution in [3.05, 3.63) is 65.7 Å². The SMILES string of the molecule is CS(=O)(=O)Cc1ccc(S(=O)(=O)N(CCCN)Cc2ccccc2)cc1.Cl. The van der Waals surface area contributed by atoms with E-state index in [1.54, 1.807) is 0 Å². The van der Waals surface area contributed by atoms with E-state index >= 15 is 0 Å². The van der Waals surface area contributed by atoms with E-state index in [4.69, 9.17) is 5.73 Å². The predicted molar refractivity (Wildman–Crippen MR) is 110 cm³/mol. The Hall–Kier alpha value is -1.45. The summed E-state index contributed by atoms with van der Waals surface area (Å²) in [5.41, 5.74) is 7.00. The molecule has 0 amide bonds. The van der Waals surface area contributed by atoms with Crippen molar-refractivity contribution in [2.24, 2.45) is 5.73 Å². The third-order valence-corrected chi connectivity index (χ3v) is 6.52. The van der Waals surface area contributed by atoms with Crippen molar-refractivity contribution in [2.45, 2.75) is 23.6 Å². The van der Waals surface area contributed by atoms with Crippen molar-refractivity contribution in [2.75, 3.05) is 19.3 Å². The molecule has 0 radical (unpaired) electrons. The highest BCUT2D eigenvalue weighted by Gasteiger charge is 2.24. The Morgan fingerprint density at radius 3 is 2.00 bits per heavy atom. The van der Waals surface area contributed by atoms with Gasteiger partial charge in [0.25, 0.3) is 0 Å². The Bertz CT molecular complexity index is 916. The van der Waals surface area contributed by atoms with Crippen LogP contribution in [0.5, 0.6) is 0 Å². The summed E-state index contributed by atoms with van der Waals surface area (Å²) >= 11 is 0. The monoisotopic (exact) mass is 432 g/mol. The summed E-state index contributed by atoms with van der Waals surface area (Å²) in [6, 6.07) is 15.3. The smallest absolute Gasteiger partial charge is 0.243 e. The third kappa shape index (κ3) is 7.23. The largest absolute Gasteiger partial charge is 0.330 e. The maximum absolute atomic E-state index is 13.0. The Morgan fingerprint density at radius 2 is 1.48 bits per heavy atom. The third-order valence-electron chi connectivity index (χ3n) is 3.80. The van der Waals surface area contributed by atoms with Gasteiger partial charge < -0.3 is 5.73 Å². The molecule has 0 bridgehead atoms. The molecular formula is C18H25ClN2O4S2. The molecule has 0 heterocycles. The van der Waals surface area contributed by atoms with Crippen LogP contribution in [0.15, 0.2) is 59.5 Å². The number of hydrogen-bond acceptors (Lipinski definition) is 5. The zero-order valence-corrected chi connectivity index (χ0v) is 17.6. The molecule has 0 unspecified atom stereocenters. The quantitative estimate of drug-likeness (QED) is 0.655. The lowest BCUT2D eigenvalue weighted by Gasteiger charge is -2.22. The van der Waals surface area contributed by atoms with Crippen LogP contribution in [0.4, 0.5) is 0 Å². The summed E-state index contributed by atoms with van der Waals surface area (Å²) in [5, 5.41) is 0. The minimum absolute atomic E-state index is 0. The topological polar surface area (TPSA) is 97.5 Å². The van der Waals surface area contributed by atoms with Gasteiger partial charge in [-0.25, -0.2) is 16.8 Å². The van der Waals surface area contributed by atoms with Crippen LogP contribution < -0.4 is 5.73 Å². The van der Waals surface area contributed by atoms with Crippen LogP contribution in [0, 0.1) is 0 Å². The van der Waals surface area contributed by atoms with Gasteiger partial charge in [0.1, 0.15) is 0 Å². The second-order valence-electron chi connectivity index (χ2n) is 6.18. The van der Waals surface area contributed by atoms with Crippen LogP contribution in [0.3, 0.4) is 0 Å². The Labute approximate surface area is 167 Å². The van der Waals surface area contributed by atoms with Crippen molar-refractivity contribution in [1.82, 2.24) is 4.31 Å². The molecule has 6 nitrogen and oxygen atoms in total.